The molecule has 1 aromatic rings. The maximum atomic E-state index is 12.7. The van der Waals surface area contributed by atoms with Gasteiger partial charge in [0.2, 0.25) is 0 Å². The number of aliphatic carboxylic acids is 1. The zero-order valence-electron chi connectivity index (χ0n) is 12.0. The van der Waals surface area contributed by atoms with Gasteiger partial charge in [0.15, 0.2) is 0 Å². The number of aryl methyl sites for hydroxylation is 1. The summed E-state index contributed by atoms with van der Waals surface area (Å²) >= 11 is 7.60. The van der Waals surface area contributed by atoms with Crippen LogP contribution in [0.25, 0.3) is 0 Å². The van der Waals surface area contributed by atoms with Gasteiger partial charge in [0.25, 0.3) is 5.91 Å². The molecule has 1 N–H and O–H groups in total. The van der Waals surface area contributed by atoms with Crippen LogP contribution in [0.3, 0.4) is 0 Å². The maximum absolute atomic E-state index is 12.7. The molecule has 7 heteroatoms. The first kappa shape index (κ1) is 16.1. The molecule has 1 aliphatic heterocycles. The SMILES string of the molecule is Cc1cc(Cl)c(C(=O)N2C(C(=O)O)CSC2C(C)C)cn1. The van der Waals surface area contributed by atoms with Gasteiger partial charge in [-0.3, -0.25) is 9.78 Å². The van der Waals surface area contributed by atoms with Crippen LogP contribution in [-0.2, 0) is 4.79 Å². The van der Waals surface area contributed by atoms with Crippen molar-refractivity contribution in [1.29, 1.82) is 0 Å². The Balaban J connectivity index is 2.39. The third kappa shape index (κ3) is 3.16. The number of carbonyl (C=O) groups excluding carboxylic acids is 1. The van der Waals surface area contributed by atoms with E-state index in [9.17, 15) is 14.7 Å². The molecular formula is C14H17ClN2O3S. The normalized spacial score (nSPS) is 21.9. The van der Waals surface area contributed by atoms with Crippen LogP contribution in [0.4, 0.5) is 0 Å². The van der Waals surface area contributed by atoms with Gasteiger partial charge < -0.3 is 10.0 Å². The second-order valence-corrected chi connectivity index (χ2v) is 6.90. The van der Waals surface area contributed by atoms with Crippen LogP contribution >= 0.6 is 23.4 Å². The van der Waals surface area contributed by atoms with Crippen molar-refractivity contribution in [3.8, 4) is 0 Å². The van der Waals surface area contributed by atoms with Crippen molar-refractivity contribution in [3.63, 3.8) is 0 Å². The van der Waals surface area contributed by atoms with Crippen molar-refractivity contribution in [3.05, 3.63) is 28.5 Å². The molecule has 0 spiro atoms. The lowest BCUT2D eigenvalue weighted by molar-refractivity contribution is -0.141. The summed E-state index contributed by atoms with van der Waals surface area (Å²) in [5, 5.41) is 9.47. The number of carboxylic acid groups (broad SMARTS) is 1. The molecule has 2 atom stereocenters. The van der Waals surface area contributed by atoms with E-state index in [1.54, 1.807) is 13.0 Å². The first-order chi connectivity index (χ1) is 9.82. The molecule has 21 heavy (non-hydrogen) atoms. The molecule has 0 saturated carbocycles. The fraction of sp³-hybridized carbons (Fsp3) is 0.500. The lowest BCUT2D eigenvalue weighted by atomic mass is 10.1. The van der Waals surface area contributed by atoms with Crippen LogP contribution < -0.4 is 0 Å². The highest BCUT2D eigenvalue weighted by atomic mass is 35.5. The number of pyridine rings is 1. The van der Waals surface area contributed by atoms with Crippen LogP contribution in [0.1, 0.15) is 29.9 Å². The van der Waals surface area contributed by atoms with Crippen LogP contribution in [0.15, 0.2) is 12.3 Å². The first-order valence-corrected chi connectivity index (χ1v) is 8.04. The van der Waals surface area contributed by atoms with Crippen molar-refractivity contribution in [2.45, 2.75) is 32.2 Å². The van der Waals surface area contributed by atoms with Gasteiger partial charge in [0, 0.05) is 17.6 Å². The summed E-state index contributed by atoms with van der Waals surface area (Å²) in [5.74, 6) is -0.819. The monoisotopic (exact) mass is 328 g/mol. The minimum Gasteiger partial charge on any atom is -0.480 e. The molecule has 1 amide bonds. The summed E-state index contributed by atoms with van der Waals surface area (Å²) < 4.78 is 0. The number of nitrogens with zero attached hydrogens (tertiary/aromatic N) is 2. The van der Waals surface area contributed by atoms with Crippen LogP contribution in [0, 0.1) is 12.8 Å². The average Bonchev–Trinajstić information content (AvgIpc) is 2.82. The number of halogens is 1. The second kappa shape index (κ2) is 6.23. The van der Waals surface area contributed by atoms with Crippen LogP contribution in [0.2, 0.25) is 5.02 Å². The second-order valence-electron chi connectivity index (χ2n) is 5.34. The van der Waals surface area contributed by atoms with Gasteiger partial charge in [-0.15, -0.1) is 11.8 Å². The number of rotatable bonds is 3. The van der Waals surface area contributed by atoms with E-state index in [1.165, 1.54) is 22.9 Å². The molecule has 2 unspecified atom stereocenters. The van der Waals surface area contributed by atoms with Crippen molar-refractivity contribution in [2.24, 2.45) is 5.92 Å². The van der Waals surface area contributed by atoms with Crippen LogP contribution in [0.5, 0.6) is 0 Å². The van der Waals surface area contributed by atoms with Gasteiger partial charge in [-0.1, -0.05) is 25.4 Å². The zero-order valence-corrected chi connectivity index (χ0v) is 13.6. The van der Waals surface area contributed by atoms with Crippen molar-refractivity contribution in [2.75, 3.05) is 5.75 Å². The van der Waals surface area contributed by atoms with E-state index in [2.05, 4.69) is 4.98 Å². The molecule has 0 aromatic carbocycles. The summed E-state index contributed by atoms with van der Waals surface area (Å²) in [6, 6.07) is 0.783. The highest BCUT2D eigenvalue weighted by Gasteiger charge is 2.43. The molecule has 5 nitrogen and oxygen atoms in total. The van der Waals surface area contributed by atoms with Crippen molar-refractivity contribution >= 4 is 35.2 Å². The Kier molecular flexibility index (Phi) is 4.78. The Labute approximate surface area is 132 Å². The summed E-state index contributed by atoms with van der Waals surface area (Å²) in [6.07, 6.45) is 1.42. The van der Waals surface area contributed by atoms with Gasteiger partial charge in [-0.05, 0) is 18.9 Å². The molecule has 0 bridgehead atoms. The lowest BCUT2D eigenvalue weighted by Gasteiger charge is -2.30. The molecule has 1 aromatic heterocycles. The summed E-state index contributed by atoms with van der Waals surface area (Å²) in [6.45, 7) is 5.72. The fourth-order valence-electron chi connectivity index (χ4n) is 2.31. The van der Waals surface area contributed by atoms with Gasteiger partial charge in [-0.25, -0.2) is 4.79 Å². The molecule has 0 aliphatic carbocycles. The molecule has 1 fully saturated rings. The van der Waals surface area contributed by atoms with Crippen molar-refractivity contribution in [1.82, 2.24) is 9.88 Å². The molecule has 0 radical (unpaired) electrons. The van der Waals surface area contributed by atoms with Gasteiger partial charge in [0.1, 0.15) is 6.04 Å². The Hall–Kier alpha value is -1.27. The number of hydrogen-bond donors (Lipinski definition) is 1. The zero-order chi connectivity index (χ0) is 15.7. The molecule has 114 valence electrons. The minimum atomic E-state index is -0.991. The Morgan fingerprint density at radius 3 is 2.71 bits per heavy atom. The van der Waals surface area contributed by atoms with Crippen molar-refractivity contribution < 1.29 is 14.7 Å². The Bertz CT molecular complexity index is 579. The third-order valence-corrected chi connectivity index (χ3v) is 5.28. The lowest BCUT2D eigenvalue weighted by Crippen LogP contribution is -2.47. The topological polar surface area (TPSA) is 70.5 Å². The highest BCUT2D eigenvalue weighted by Crippen LogP contribution is 2.36. The van der Waals surface area contributed by atoms with E-state index in [0.29, 0.717) is 16.5 Å². The van der Waals surface area contributed by atoms with Gasteiger partial charge in [-0.2, -0.15) is 0 Å². The number of hydrogen-bond acceptors (Lipinski definition) is 4. The Morgan fingerprint density at radius 2 is 2.19 bits per heavy atom. The number of thioether (sulfide) groups is 1. The predicted octanol–water partition coefficient (Wildman–Crippen LogP) is 2.67. The average molecular weight is 329 g/mol. The van der Waals surface area contributed by atoms with E-state index in [-0.39, 0.29) is 22.8 Å². The smallest absolute Gasteiger partial charge is 0.327 e. The van der Waals surface area contributed by atoms with E-state index >= 15 is 0 Å². The largest absolute Gasteiger partial charge is 0.480 e. The standard InChI is InChI=1S/C14H17ClN2O3S/c1-7(2)13-17(11(6-21-13)14(19)20)12(18)9-5-16-8(3)4-10(9)15/h4-5,7,11,13H,6H2,1-3H3,(H,19,20). The van der Waals surface area contributed by atoms with Gasteiger partial charge >= 0.3 is 5.97 Å². The number of carboxylic acids is 1. The molecule has 1 aliphatic rings. The number of aromatic nitrogens is 1. The quantitative estimate of drug-likeness (QED) is 0.923. The molecule has 2 rings (SSSR count). The molecule has 1 saturated heterocycles. The van der Waals surface area contributed by atoms with E-state index in [0.717, 1.165) is 0 Å². The Morgan fingerprint density at radius 1 is 1.52 bits per heavy atom. The maximum Gasteiger partial charge on any atom is 0.327 e. The first-order valence-electron chi connectivity index (χ1n) is 6.62. The molecular weight excluding hydrogens is 312 g/mol. The predicted molar refractivity (Wildman–Crippen MR) is 82.7 cm³/mol. The van der Waals surface area contributed by atoms with E-state index in [4.69, 9.17) is 11.6 Å². The highest BCUT2D eigenvalue weighted by molar-refractivity contribution is 8.00. The van der Waals surface area contributed by atoms with E-state index < -0.39 is 12.0 Å². The summed E-state index contributed by atoms with van der Waals surface area (Å²) in [5.41, 5.74) is 0.962. The third-order valence-electron chi connectivity index (χ3n) is 3.35. The van der Waals surface area contributed by atoms with E-state index in [1.807, 2.05) is 13.8 Å². The van der Waals surface area contributed by atoms with Gasteiger partial charge in [0.05, 0.1) is 16.0 Å². The summed E-state index contributed by atoms with van der Waals surface area (Å²) in [7, 11) is 0. The molecule has 2 heterocycles. The fourth-order valence-corrected chi connectivity index (χ4v) is 4.07. The summed E-state index contributed by atoms with van der Waals surface area (Å²) in [4.78, 5) is 29.6. The number of carbonyl (C=O) groups is 2. The van der Waals surface area contributed by atoms with Crippen LogP contribution in [-0.4, -0.2) is 44.0 Å². The number of amides is 1. The minimum absolute atomic E-state index is 0.153.